The normalized spacial score (nSPS) is 12.6. The molecule has 7 nitrogen and oxygen atoms in total. The number of amides is 2. The number of hydrogen-bond acceptors (Lipinski definition) is 5. The average molecular weight is 494 g/mol. The van der Waals surface area contributed by atoms with Crippen LogP contribution < -0.4 is 14.8 Å². The lowest BCUT2D eigenvalue weighted by atomic mass is 10.0. The molecule has 3 aromatic carbocycles. The number of nitrogens with one attached hydrogen (secondary N) is 1. The van der Waals surface area contributed by atoms with Crippen LogP contribution in [0, 0.1) is 6.92 Å². The molecule has 7 heteroatoms. The van der Waals surface area contributed by atoms with Gasteiger partial charge in [0.15, 0.2) is 11.5 Å². The van der Waals surface area contributed by atoms with Crippen LogP contribution in [0.3, 0.4) is 0 Å². The Hall–Kier alpha value is -4.65. The lowest BCUT2D eigenvalue weighted by Gasteiger charge is -2.32. The molecule has 0 aliphatic carbocycles. The van der Waals surface area contributed by atoms with Gasteiger partial charge in [0.2, 0.25) is 12.7 Å². The van der Waals surface area contributed by atoms with E-state index in [1.54, 1.807) is 35.5 Å². The van der Waals surface area contributed by atoms with Crippen LogP contribution in [0.5, 0.6) is 11.5 Å². The average Bonchev–Trinajstić information content (AvgIpc) is 3.38. The van der Waals surface area contributed by atoms with E-state index in [-0.39, 0.29) is 31.6 Å². The van der Waals surface area contributed by atoms with Gasteiger partial charge in [0.25, 0.3) is 5.91 Å². The third-order valence-electron chi connectivity index (χ3n) is 6.19. The van der Waals surface area contributed by atoms with Crippen molar-refractivity contribution in [3.63, 3.8) is 0 Å². The number of carbonyl (C=O) groups is 2. The van der Waals surface area contributed by atoms with Crippen molar-refractivity contribution in [3.8, 4) is 11.5 Å². The highest BCUT2D eigenvalue weighted by Gasteiger charge is 2.32. The van der Waals surface area contributed by atoms with Crippen LogP contribution in [0.4, 0.5) is 5.69 Å². The van der Waals surface area contributed by atoms with E-state index in [1.165, 1.54) is 0 Å². The SMILES string of the molecule is Cc1ccc(C(C(=O)Nc2ccc3c(c2)OCO3)N(Cc2cccnc2)C(=O)Cc2ccccc2)cc1. The zero-order valence-corrected chi connectivity index (χ0v) is 20.5. The maximum absolute atomic E-state index is 13.9. The maximum atomic E-state index is 13.9. The number of nitrogens with zero attached hydrogens (tertiary/aromatic N) is 2. The quantitative estimate of drug-likeness (QED) is 0.371. The number of benzene rings is 3. The van der Waals surface area contributed by atoms with Gasteiger partial charge in [-0.15, -0.1) is 0 Å². The second-order valence-corrected chi connectivity index (χ2v) is 8.92. The molecule has 0 bridgehead atoms. The molecule has 37 heavy (non-hydrogen) atoms. The van der Waals surface area contributed by atoms with Gasteiger partial charge in [-0.1, -0.05) is 66.2 Å². The van der Waals surface area contributed by atoms with Crippen molar-refractivity contribution in [3.05, 3.63) is 120 Å². The van der Waals surface area contributed by atoms with Gasteiger partial charge in [-0.3, -0.25) is 14.6 Å². The summed E-state index contributed by atoms with van der Waals surface area (Å²) in [6, 6.07) is 25.3. The molecule has 1 atom stereocenters. The second-order valence-electron chi connectivity index (χ2n) is 8.92. The van der Waals surface area contributed by atoms with E-state index < -0.39 is 6.04 Å². The van der Waals surface area contributed by atoms with E-state index in [4.69, 9.17) is 9.47 Å². The summed E-state index contributed by atoms with van der Waals surface area (Å²) in [7, 11) is 0. The second kappa shape index (κ2) is 11.0. The Balaban J connectivity index is 1.51. The molecule has 186 valence electrons. The minimum atomic E-state index is -0.873. The fourth-order valence-corrected chi connectivity index (χ4v) is 4.29. The summed E-state index contributed by atoms with van der Waals surface area (Å²) < 4.78 is 10.9. The van der Waals surface area contributed by atoms with E-state index in [0.717, 1.165) is 16.7 Å². The highest BCUT2D eigenvalue weighted by atomic mass is 16.7. The Morgan fingerprint density at radius 2 is 1.68 bits per heavy atom. The van der Waals surface area contributed by atoms with Gasteiger partial charge < -0.3 is 19.7 Å². The monoisotopic (exact) mass is 493 g/mol. The summed E-state index contributed by atoms with van der Waals surface area (Å²) in [5.74, 6) is 0.705. The van der Waals surface area contributed by atoms with Crippen molar-refractivity contribution in [2.45, 2.75) is 25.9 Å². The Bertz CT molecular complexity index is 1380. The predicted octanol–water partition coefficient (Wildman–Crippen LogP) is 5.07. The van der Waals surface area contributed by atoms with Crippen molar-refractivity contribution < 1.29 is 19.1 Å². The van der Waals surface area contributed by atoms with E-state index in [1.807, 2.05) is 73.7 Å². The Labute approximate surface area is 215 Å². The zero-order valence-electron chi connectivity index (χ0n) is 20.5. The van der Waals surface area contributed by atoms with Crippen LogP contribution in [0.1, 0.15) is 28.3 Å². The van der Waals surface area contributed by atoms with Crippen molar-refractivity contribution in [1.82, 2.24) is 9.88 Å². The van der Waals surface area contributed by atoms with Crippen LogP contribution in [-0.2, 0) is 22.6 Å². The number of aromatic nitrogens is 1. The lowest BCUT2D eigenvalue weighted by molar-refractivity contribution is -0.139. The highest BCUT2D eigenvalue weighted by Crippen LogP contribution is 2.35. The number of pyridine rings is 1. The molecule has 0 fully saturated rings. The number of rotatable bonds is 8. The molecule has 1 aliphatic heterocycles. The molecule has 4 aromatic rings. The van der Waals surface area contributed by atoms with Gasteiger partial charge in [0, 0.05) is 30.7 Å². The smallest absolute Gasteiger partial charge is 0.251 e. The third-order valence-corrected chi connectivity index (χ3v) is 6.19. The van der Waals surface area contributed by atoms with Gasteiger partial charge in [0.1, 0.15) is 6.04 Å². The van der Waals surface area contributed by atoms with E-state index >= 15 is 0 Å². The summed E-state index contributed by atoms with van der Waals surface area (Å²) in [5.41, 5.74) is 4.05. The van der Waals surface area contributed by atoms with E-state index in [0.29, 0.717) is 22.7 Å². The number of aryl methyl sites for hydroxylation is 1. The topological polar surface area (TPSA) is 80.8 Å². The molecule has 0 spiro atoms. The highest BCUT2D eigenvalue weighted by molar-refractivity contribution is 5.98. The molecule has 2 heterocycles. The van der Waals surface area contributed by atoms with Crippen LogP contribution in [0.25, 0.3) is 0 Å². The molecule has 0 radical (unpaired) electrons. The Morgan fingerprint density at radius 3 is 2.43 bits per heavy atom. The molecule has 1 aliphatic rings. The molecule has 2 amide bonds. The molecule has 1 unspecified atom stereocenters. The summed E-state index contributed by atoms with van der Waals surface area (Å²) >= 11 is 0. The third kappa shape index (κ3) is 5.78. The van der Waals surface area contributed by atoms with Crippen molar-refractivity contribution in [2.24, 2.45) is 0 Å². The number of carbonyl (C=O) groups excluding carboxylic acids is 2. The molecule has 5 rings (SSSR count). The molecular formula is C30H27N3O4. The van der Waals surface area contributed by atoms with Crippen molar-refractivity contribution in [2.75, 3.05) is 12.1 Å². The summed E-state index contributed by atoms with van der Waals surface area (Å²) in [5, 5.41) is 2.99. The minimum absolute atomic E-state index is 0.144. The van der Waals surface area contributed by atoms with Crippen LogP contribution >= 0.6 is 0 Å². The first-order chi connectivity index (χ1) is 18.1. The Morgan fingerprint density at radius 1 is 0.919 bits per heavy atom. The first-order valence-corrected chi connectivity index (χ1v) is 12.1. The number of fused-ring (bicyclic) bond motifs is 1. The summed E-state index contributed by atoms with van der Waals surface area (Å²) in [6.45, 7) is 2.36. The van der Waals surface area contributed by atoms with Gasteiger partial charge in [-0.25, -0.2) is 0 Å². The predicted molar refractivity (Wildman–Crippen MR) is 140 cm³/mol. The largest absolute Gasteiger partial charge is 0.454 e. The number of ether oxygens (including phenoxy) is 2. The van der Waals surface area contributed by atoms with Crippen molar-refractivity contribution >= 4 is 17.5 Å². The maximum Gasteiger partial charge on any atom is 0.251 e. The van der Waals surface area contributed by atoms with Gasteiger partial charge in [0.05, 0.1) is 6.42 Å². The minimum Gasteiger partial charge on any atom is -0.454 e. The standard InChI is InChI=1S/C30H27N3O4/c1-21-9-11-24(12-10-21)29(30(35)32-25-13-14-26-27(17-25)37-20-36-26)33(19-23-8-5-15-31-18-23)28(34)16-22-6-3-2-4-7-22/h2-15,17-18,29H,16,19-20H2,1H3,(H,32,35). The van der Waals surface area contributed by atoms with Gasteiger partial charge >= 0.3 is 0 Å². The molecule has 1 aromatic heterocycles. The van der Waals surface area contributed by atoms with E-state index in [2.05, 4.69) is 10.3 Å². The zero-order chi connectivity index (χ0) is 25.6. The fourth-order valence-electron chi connectivity index (χ4n) is 4.29. The molecule has 0 saturated heterocycles. The van der Waals surface area contributed by atoms with E-state index in [9.17, 15) is 9.59 Å². The summed E-state index contributed by atoms with van der Waals surface area (Å²) in [4.78, 5) is 33.5. The fraction of sp³-hybridized carbons (Fsp3) is 0.167. The van der Waals surface area contributed by atoms with Gasteiger partial charge in [-0.05, 0) is 41.8 Å². The molecule has 1 N–H and O–H groups in total. The van der Waals surface area contributed by atoms with Crippen LogP contribution in [0.2, 0.25) is 0 Å². The van der Waals surface area contributed by atoms with Crippen LogP contribution in [-0.4, -0.2) is 28.5 Å². The van der Waals surface area contributed by atoms with Crippen molar-refractivity contribution in [1.29, 1.82) is 0 Å². The lowest BCUT2D eigenvalue weighted by Crippen LogP contribution is -2.41. The number of anilines is 1. The number of hydrogen-bond donors (Lipinski definition) is 1. The Kier molecular flexibility index (Phi) is 7.12. The van der Waals surface area contributed by atoms with Gasteiger partial charge in [-0.2, -0.15) is 0 Å². The first kappa shape index (κ1) is 24.1. The van der Waals surface area contributed by atoms with Crippen LogP contribution in [0.15, 0.2) is 97.3 Å². The molecular weight excluding hydrogens is 466 g/mol. The summed E-state index contributed by atoms with van der Waals surface area (Å²) in [6.07, 6.45) is 3.56. The molecule has 0 saturated carbocycles. The first-order valence-electron chi connectivity index (χ1n) is 12.1.